The second kappa shape index (κ2) is 6.05. The first kappa shape index (κ1) is 8.92. The molecule has 0 aromatic carbocycles. The number of likely N-dealkylation sites (N-methyl/N-ethyl adjacent to an activating group) is 1. The van der Waals surface area contributed by atoms with E-state index in [0.717, 1.165) is 19.6 Å². The zero-order valence-electron chi connectivity index (χ0n) is 6.61. The van der Waals surface area contributed by atoms with Gasteiger partial charge >= 0.3 is 0 Å². The monoisotopic (exact) mass is 131 g/mol. The summed E-state index contributed by atoms with van der Waals surface area (Å²) in [5, 5.41) is 3.31. The van der Waals surface area contributed by atoms with E-state index >= 15 is 0 Å². The Kier molecular flexibility index (Phi) is 5.99. The van der Waals surface area contributed by atoms with Gasteiger partial charge in [0.2, 0.25) is 0 Å². The third-order valence-electron chi connectivity index (χ3n) is 1.35. The highest BCUT2D eigenvalue weighted by Crippen LogP contribution is 1.89. The molecule has 0 unspecified atom stereocenters. The molecule has 0 bridgehead atoms. The molecular weight excluding hydrogens is 114 g/mol. The van der Waals surface area contributed by atoms with Crippen molar-refractivity contribution in [2.75, 3.05) is 20.3 Å². The maximum absolute atomic E-state index is 4.98. The van der Waals surface area contributed by atoms with Crippen LogP contribution in [0, 0.1) is 0 Å². The summed E-state index contributed by atoms with van der Waals surface area (Å²) in [4.78, 5) is 0. The fourth-order valence-corrected chi connectivity index (χ4v) is 0.811. The Morgan fingerprint density at radius 3 is 2.44 bits per heavy atom. The van der Waals surface area contributed by atoms with Crippen molar-refractivity contribution in [1.29, 1.82) is 0 Å². The van der Waals surface area contributed by atoms with Crippen LogP contribution < -0.4 is 5.32 Å². The van der Waals surface area contributed by atoms with E-state index in [4.69, 9.17) is 4.74 Å². The number of rotatable bonds is 5. The van der Waals surface area contributed by atoms with Crippen molar-refractivity contribution >= 4 is 0 Å². The summed E-state index contributed by atoms with van der Waals surface area (Å²) >= 11 is 0. The topological polar surface area (TPSA) is 21.3 Å². The molecule has 1 atom stereocenters. The molecule has 0 rings (SSSR count). The molecule has 0 spiro atoms. The fourth-order valence-electron chi connectivity index (χ4n) is 0.811. The maximum Gasteiger partial charge on any atom is 0.0615 e. The summed E-state index contributed by atoms with van der Waals surface area (Å²) in [6, 6.07) is 0.542. The smallest absolute Gasteiger partial charge is 0.0615 e. The van der Waals surface area contributed by atoms with Crippen molar-refractivity contribution < 1.29 is 4.74 Å². The molecule has 0 aliphatic heterocycles. The molecule has 1 N–H and O–H groups in total. The molecular formula is C7H17NO. The van der Waals surface area contributed by atoms with Crippen LogP contribution in [0.4, 0.5) is 0 Å². The first-order valence-corrected chi connectivity index (χ1v) is 3.57. The Morgan fingerprint density at radius 1 is 1.44 bits per heavy atom. The van der Waals surface area contributed by atoms with E-state index in [9.17, 15) is 0 Å². The van der Waals surface area contributed by atoms with Crippen LogP contribution in [0.1, 0.15) is 20.3 Å². The Bertz CT molecular complexity index is 50.9. The number of nitrogens with one attached hydrogen (secondary N) is 1. The maximum atomic E-state index is 4.98. The van der Waals surface area contributed by atoms with Crippen LogP contribution >= 0.6 is 0 Å². The largest absolute Gasteiger partial charge is 0.383 e. The highest BCUT2D eigenvalue weighted by molar-refractivity contribution is 4.60. The third-order valence-corrected chi connectivity index (χ3v) is 1.35. The van der Waals surface area contributed by atoms with Crippen molar-refractivity contribution in [3.8, 4) is 0 Å². The van der Waals surface area contributed by atoms with Gasteiger partial charge in [0.1, 0.15) is 0 Å². The van der Waals surface area contributed by atoms with Gasteiger partial charge in [0.15, 0.2) is 0 Å². The highest BCUT2D eigenvalue weighted by atomic mass is 16.5. The first-order valence-electron chi connectivity index (χ1n) is 3.57. The number of hydrogen-bond donors (Lipinski definition) is 1. The summed E-state index contributed by atoms with van der Waals surface area (Å²) in [7, 11) is 1.74. The predicted molar refractivity (Wildman–Crippen MR) is 39.6 cm³/mol. The van der Waals surface area contributed by atoms with Crippen LogP contribution in [0.3, 0.4) is 0 Å². The van der Waals surface area contributed by atoms with Gasteiger partial charge in [-0.05, 0) is 13.0 Å². The van der Waals surface area contributed by atoms with Gasteiger partial charge < -0.3 is 10.1 Å². The van der Waals surface area contributed by atoms with Gasteiger partial charge in [-0.1, -0.05) is 13.8 Å². The van der Waals surface area contributed by atoms with E-state index in [1.807, 2.05) is 0 Å². The molecule has 2 heteroatoms. The molecule has 0 aromatic heterocycles. The molecule has 0 saturated heterocycles. The average molecular weight is 131 g/mol. The second-order valence-electron chi connectivity index (χ2n) is 2.12. The summed E-state index contributed by atoms with van der Waals surface area (Å²) < 4.78 is 4.98. The summed E-state index contributed by atoms with van der Waals surface area (Å²) in [6.45, 7) is 6.12. The molecule has 9 heavy (non-hydrogen) atoms. The Morgan fingerprint density at radius 2 is 2.11 bits per heavy atom. The number of ether oxygens (including phenoxy) is 1. The Hall–Kier alpha value is -0.0800. The van der Waals surface area contributed by atoms with E-state index < -0.39 is 0 Å². The lowest BCUT2D eigenvalue weighted by Gasteiger charge is -2.13. The van der Waals surface area contributed by atoms with E-state index in [1.54, 1.807) is 7.11 Å². The molecule has 0 fully saturated rings. The van der Waals surface area contributed by atoms with Gasteiger partial charge in [-0.2, -0.15) is 0 Å². The van der Waals surface area contributed by atoms with Gasteiger partial charge in [-0.3, -0.25) is 0 Å². The minimum atomic E-state index is 0.542. The minimum absolute atomic E-state index is 0.542. The Balaban J connectivity index is 3.18. The quantitative estimate of drug-likeness (QED) is 0.601. The summed E-state index contributed by atoms with van der Waals surface area (Å²) in [6.07, 6.45) is 1.14. The van der Waals surface area contributed by atoms with E-state index in [1.165, 1.54) is 0 Å². The predicted octanol–water partition coefficient (Wildman–Crippen LogP) is 1.02. The molecule has 0 aromatic rings. The van der Waals surface area contributed by atoms with E-state index in [2.05, 4.69) is 19.2 Å². The van der Waals surface area contributed by atoms with Gasteiger partial charge in [-0.25, -0.2) is 0 Å². The minimum Gasteiger partial charge on any atom is -0.383 e. The van der Waals surface area contributed by atoms with Crippen LogP contribution in [-0.4, -0.2) is 26.3 Å². The molecule has 0 saturated carbocycles. The number of hydrogen-bond acceptors (Lipinski definition) is 2. The molecule has 0 aliphatic carbocycles. The van der Waals surface area contributed by atoms with E-state index in [0.29, 0.717) is 6.04 Å². The van der Waals surface area contributed by atoms with E-state index in [-0.39, 0.29) is 0 Å². The molecule has 0 aliphatic rings. The van der Waals surface area contributed by atoms with Crippen molar-refractivity contribution in [1.82, 2.24) is 5.32 Å². The number of methoxy groups -OCH3 is 1. The van der Waals surface area contributed by atoms with Gasteiger partial charge in [0.25, 0.3) is 0 Å². The third kappa shape index (κ3) is 4.43. The van der Waals surface area contributed by atoms with Crippen molar-refractivity contribution in [3.05, 3.63) is 0 Å². The van der Waals surface area contributed by atoms with Crippen LogP contribution in [0.5, 0.6) is 0 Å². The highest BCUT2D eigenvalue weighted by Gasteiger charge is 2.00. The van der Waals surface area contributed by atoms with Gasteiger partial charge in [0, 0.05) is 13.2 Å². The fraction of sp³-hybridized carbons (Fsp3) is 1.00. The summed E-state index contributed by atoms with van der Waals surface area (Å²) in [5.74, 6) is 0. The lowest BCUT2D eigenvalue weighted by atomic mass is 10.2. The van der Waals surface area contributed by atoms with Crippen molar-refractivity contribution in [2.45, 2.75) is 26.3 Å². The molecule has 0 amide bonds. The average Bonchev–Trinajstić information content (AvgIpc) is 1.88. The van der Waals surface area contributed by atoms with Crippen LogP contribution in [0.15, 0.2) is 0 Å². The van der Waals surface area contributed by atoms with Crippen LogP contribution in [0.25, 0.3) is 0 Å². The lowest BCUT2D eigenvalue weighted by Crippen LogP contribution is -2.32. The standard InChI is InChI=1S/C7H17NO/c1-4-7(6-9-3)8-5-2/h7-8H,4-6H2,1-3H3/t7-/m1/s1. The SMILES string of the molecule is CCN[C@H](CC)COC. The van der Waals surface area contributed by atoms with Gasteiger partial charge in [-0.15, -0.1) is 0 Å². The van der Waals surface area contributed by atoms with Crippen molar-refractivity contribution in [2.24, 2.45) is 0 Å². The molecule has 56 valence electrons. The van der Waals surface area contributed by atoms with Crippen LogP contribution in [0.2, 0.25) is 0 Å². The van der Waals surface area contributed by atoms with Crippen LogP contribution in [-0.2, 0) is 4.74 Å². The zero-order chi connectivity index (χ0) is 7.11. The van der Waals surface area contributed by atoms with Gasteiger partial charge in [0.05, 0.1) is 6.61 Å². The summed E-state index contributed by atoms with van der Waals surface area (Å²) in [5.41, 5.74) is 0. The molecule has 2 nitrogen and oxygen atoms in total. The van der Waals surface area contributed by atoms with Crippen molar-refractivity contribution in [3.63, 3.8) is 0 Å². The normalized spacial score (nSPS) is 13.7. The lowest BCUT2D eigenvalue weighted by molar-refractivity contribution is 0.165. The zero-order valence-corrected chi connectivity index (χ0v) is 6.61. The second-order valence-corrected chi connectivity index (χ2v) is 2.12. The Labute approximate surface area is 57.6 Å². The molecule has 0 heterocycles. The molecule has 0 radical (unpaired) electrons. The first-order chi connectivity index (χ1) is 4.35.